The van der Waals surface area contributed by atoms with Gasteiger partial charge in [0.15, 0.2) is 0 Å². The normalized spacial score (nSPS) is 20.1. The summed E-state index contributed by atoms with van der Waals surface area (Å²) in [5.74, 6) is 2.03. The van der Waals surface area contributed by atoms with Gasteiger partial charge in [-0.05, 0) is 70.2 Å². The number of hydrogen-bond donors (Lipinski definition) is 4. The number of rotatable bonds is 9. The summed E-state index contributed by atoms with van der Waals surface area (Å²) < 4.78 is 4.85. The predicted molar refractivity (Wildman–Crippen MR) is 204 cm³/mol. The van der Waals surface area contributed by atoms with Gasteiger partial charge in [0.1, 0.15) is 23.1 Å². The summed E-state index contributed by atoms with van der Waals surface area (Å²) in [6, 6.07) is 20.2. The second-order valence-electron chi connectivity index (χ2n) is 14.6. The molecule has 4 atom stereocenters. The van der Waals surface area contributed by atoms with Gasteiger partial charge in [-0.25, -0.2) is 19.6 Å². The fourth-order valence-electron chi connectivity index (χ4n) is 7.71. The first-order valence-electron chi connectivity index (χ1n) is 18.2. The zero-order chi connectivity index (χ0) is 36.9. The van der Waals surface area contributed by atoms with Crippen molar-refractivity contribution in [2.75, 3.05) is 26.0 Å². The number of alkyl carbamates (subject to hydrolysis) is 1. The second kappa shape index (κ2) is 13.9. The topological polar surface area (TPSA) is 157 Å². The molecule has 3 aliphatic rings. The van der Waals surface area contributed by atoms with E-state index in [4.69, 9.17) is 9.72 Å². The highest BCUT2D eigenvalue weighted by Crippen LogP contribution is 2.58. The maximum atomic E-state index is 14.0. The molecule has 4 N–H and O–H groups in total. The van der Waals surface area contributed by atoms with Crippen LogP contribution >= 0.6 is 11.8 Å². The third kappa shape index (κ3) is 6.74. The quantitative estimate of drug-likeness (QED) is 0.119. The number of benzene rings is 3. The summed E-state index contributed by atoms with van der Waals surface area (Å²) in [6.45, 7) is 5.16. The van der Waals surface area contributed by atoms with Gasteiger partial charge >= 0.3 is 12.2 Å². The smallest absolute Gasteiger partial charge is 0.408 e. The Morgan fingerprint density at radius 2 is 1.55 bits per heavy atom. The molecule has 3 aromatic carbocycles. The molecule has 2 saturated heterocycles. The number of carboxylic acid groups (broad SMARTS) is 1. The molecule has 13 heteroatoms. The molecule has 274 valence electrons. The minimum Gasteiger partial charge on any atom is -0.465 e. The van der Waals surface area contributed by atoms with Crippen LogP contribution in [0.4, 0.5) is 9.59 Å². The van der Waals surface area contributed by atoms with Crippen LogP contribution in [0, 0.1) is 11.3 Å². The Morgan fingerprint density at radius 3 is 2.23 bits per heavy atom. The Bertz CT molecular complexity index is 2180. The van der Waals surface area contributed by atoms with Gasteiger partial charge in [0, 0.05) is 24.4 Å². The highest BCUT2D eigenvalue weighted by Gasteiger charge is 2.55. The van der Waals surface area contributed by atoms with E-state index in [-0.39, 0.29) is 28.7 Å². The highest BCUT2D eigenvalue weighted by atomic mass is 32.2. The van der Waals surface area contributed by atoms with Gasteiger partial charge in [-0.1, -0.05) is 68.8 Å². The number of H-pyrrole nitrogens is 2. The monoisotopic (exact) mass is 733 g/mol. The third-order valence-electron chi connectivity index (χ3n) is 11.2. The largest absolute Gasteiger partial charge is 0.465 e. The van der Waals surface area contributed by atoms with Crippen LogP contribution in [0.3, 0.4) is 0 Å². The lowest BCUT2D eigenvalue weighted by molar-refractivity contribution is -0.136. The molecule has 1 saturated carbocycles. The van der Waals surface area contributed by atoms with Crippen molar-refractivity contribution in [1.29, 1.82) is 0 Å². The zero-order valence-corrected chi connectivity index (χ0v) is 30.8. The van der Waals surface area contributed by atoms with Gasteiger partial charge in [-0.3, -0.25) is 9.69 Å². The Labute approximate surface area is 311 Å². The van der Waals surface area contributed by atoms with Gasteiger partial charge in [-0.15, -0.1) is 11.8 Å². The number of nitrogens with zero attached hydrogens (tertiary/aromatic N) is 4. The minimum absolute atomic E-state index is 0.0473. The number of hydrogen-bond acceptors (Lipinski definition) is 7. The van der Waals surface area contributed by atoms with E-state index in [2.05, 4.69) is 80.9 Å². The fraction of sp³-hybridized carbons (Fsp3) is 0.375. The van der Waals surface area contributed by atoms with E-state index in [1.165, 1.54) is 12.0 Å². The number of carbonyl (C=O) groups excluding carboxylic acids is 2. The molecule has 53 heavy (non-hydrogen) atoms. The summed E-state index contributed by atoms with van der Waals surface area (Å²) in [6.07, 6.45) is 5.87. The SMILES string of the molecule is CCC(C)C(NC(=O)OC)C(=O)N1CC2(CC2)CC1c1ncc(-c2ccc3cc(-c4ccc(-c5cnc(C6SCCN6C(=O)O)[nH]5)cc4)ccc3c2)[nH]1. The first-order valence-corrected chi connectivity index (χ1v) is 19.2. The first-order chi connectivity index (χ1) is 25.6. The molecule has 1 aliphatic carbocycles. The summed E-state index contributed by atoms with van der Waals surface area (Å²) >= 11 is 1.57. The van der Waals surface area contributed by atoms with Gasteiger partial charge in [0.2, 0.25) is 5.91 Å². The van der Waals surface area contributed by atoms with E-state index in [9.17, 15) is 19.5 Å². The van der Waals surface area contributed by atoms with Crippen molar-refractivity contribution in [1.82, 2.24) is 35.1 Å². The predicted octanol–water partition coefficient (Wildman–Crippen LogP) is 7.84. The molecule has 8 rings (SSSR count). The average molecular weight is 734 g/mol. The van der Waals surface area contributed by atoms with Crippen molar-refractivity contribution in [3.8, 4) is 33.6 Å². The number of aromatic nitrogens is 4. The fourth-order valence-corrected chi connectivity index (χ4v) is 8.89. The Hall–Kier alpha value is -5.30. The summed E-state index contributed by atoms with van der Waals surface area (Å²) in [5, 5.41) is 14.2. The number of imidazole rings is 2. The Kier molecular flexibility index (Phi) is 9.13. The van der Waals surface area contributed by atoms with E-state index in [1.54, 1.807) is 18.0 Å². The van der Waals surface area contributed by atoms with Crippen LogP contribution in [0.1, 0.15) is 62.6 Å². The molecule has 5 aromatic rings. The Morgan fingerprint density at radius 1 is 0.925 bits per heavy atom. The number of methoxy groups -OCH3 is 1. The van der Waals surface area contributed by atoms with E-state index in [0.29, 0.717) is 18.9 Å². The lowest BCUT2D eigenvalue weighted by Gasteiger charge is -2.31. The van der Waals surface area contributed by atoms with Crippen molar-refractivity contribution < 1.29 is 24.2 Å². The zero-order valence-electron chi connectivity index (χ0n) is 30.0. The minimum atomic E-state index is -0.931. The summed E-state index contributed by atoms with van der Waals surface area (Å²) in [4.78, 5) is 57.3. The number of carbonyl (C=O) groups is 3. The molecule has 2 aromatic heterocycles. The third-order valence-corrected chi connectivity index (χ3v) is 12.5. The molecule has 12 nitrogen and oxygen atoms in total. The van der Waals surface area contributed by atoms with Crippen molar-refractivity contribution in [2.24, 2.45) is 11.3 Å². The highest BCUT2D eigenvalue weighted by molar-refractivity contribution is 7.99. The van der Waals surface area contributed by atoms with Crippen LogP contribution in [0.25, 0.3) is 44.4 Å². The number of aromatic amines is 2. The standard InChI is InChI=1S/C40H43N7O5S/c1-4-23(2)33(45-38(49)52-3)36(48)47-22-40(13-14-40)19-32(47)34-41-21-31(43-34)29-12-11-27-17-26(9-10-28(27)18-29)24-5-7-25(8-6-24)30-20-42-35(44-30)37-46(39(50)51)15-16-53-37/h5-12,17-18,20-21,23,32-33,37H,4,13-16,19,22H2,1-3H3,(H,41,43)(H,42,44)(H,45,49)(H,50,51). The van der Waals surface area contributed by atoms with Crippen LogP contribution in [0.2, 0.25) is 0 Å². The van der Waals surface area contributed by atoms with Gasteiger partial charge < -0.3 is 30.0 Å². The van der Waals surface area contributed by atoms with Gasteiger partial charge in [0.25, 0.3) is 0 Å². The number of likely N-dealkylation sites (tertiary alicyclic amines) is 1. The maximum absolute atomic E-state index is 14.0. The lowest BCUT2D eigenvalue weighted by Crippen LogP contribution is -2.51. The number of fused-ring (bicyclic) bond motifs is 1. The molecule has 0 bridgehead atoms. The molecule has 4 heterocycles. The van der Waals surface area contributed by atoms with Crippen molar-refractivity contribution in [3.05, 3.63) is 84.7 Å². The van der Waals surface area contributed by atoms with Crippen molar-refractivity contribution in [3.63, 3.8) is 0 Å². The lowest BCUT2D eigenvalue weighted by atomic mass is 9.97. The van der Waals surface area contributed by atoms with E-state index in [1.807, 2.05) is 24.9 Å². The van der Waals surface area contributed by atoms with Crippen LogP contribution < -0.4 is 5.32 Å². The molecule has 4 unspecified atom stereocenters. The molecule has 3 fully saturated rings. The number of ether oxygens (including phenoxy) is 1. The maximum Gasteiger partial charge on any atom is 0.408 e. The number of amides is 3. The van der Waals surface area contributed by atoms with Crippen LogP contribution in [-0.2, 0) is 9.53 Å². The van der Waals surface area contributed by atoms with Crippen LogP contribution in [0.15, 0.2) is 73.1 Å². The molecule has 2 aliphatic heterocycles. The molecular formula is C40H43N7O5S. The molecule has 1 spiro atoms. The Balaban J connectivity index is 0.984. The van der Waals surface area contributed by atoms with Crippen LogP contribution in [0.5, 0.6) is 0 Å². The average Bonchev–Trinajstić information content (AvgIpc) is 3.72. The van der Waals surface area contributed by atoms with Gasteiger partial charge in [-0.2, -0.15) is 0 Å². The van der Waals surface area contributed by atoms with Crippen LogP contribution in [-0.4, -0.2) is 84.9 Å². The summed E-state index contributed by atoms with van der Waals surface area (Å²) in [5.41, 5.74) is 6.04. The van der Waals surface area contributed by atoms with E-state index < -0.39 is 18.2 Å². The van der Waals surface area contributed by atoms with Gasteiger partial charge in [0.05, 0.1) is 36.9 Å². The second-order valence-corrected chi connectivity index (χ2v) is 15.8. The number of thioether (sulfide) groups is 1. The number of nitrogens with one attached hydrogen (secondary N) is 3. The molecule has 0 radical (unpaired) electrons. The van der Waals surface area contributed by atoms with E-state index >= 15 is 0 Å². The molecular weight excluding hydrogens is 691 g/mol. The van der Waals surface area contributed by atoms with Crippen molar-refractivity contribution >= 4 is 40.6 Å². The molecule has 3 amide bonds. The van der Waals surface area contributed by atoms with Crippen molar-refractivity contribution in [2.45, 2.75) is 57.0 Å². The first kappa shape index (κ1) is 34.8. The van der Waals surface area contributed by atoms with E-state index in [0.717, 1.165) is 81.7 Å². The summed E-state index contributed by atoms with van der Waals surface area (Å²) in [7, 11) is 1.32.